The number of rotatable bonds is 5. The van der Waals surface area contributed by atoms with Crippen LogP contribution in [-0.2, 0) is 17.6 Å². The van der Waals surface area contributed by atoms with Gasteiger partial charge in [0.15, 0.2) is 0 Å². The molecule has 2 aromatic heterocycles. The molecule has 0 radical (unpaired) electrons. The Morgan fingerprint density at radius 1 is 1.21 bits per heavy atom. The molecule has 2 aromatic rings. The number of nitrogens with one attached hydrogen (secondary N) is 1. The lowest BCUT2D eigenvalue weighted by Crippen LogP contribution is -2.27. The standard InChI is InChI=1S/C15H17N3O/c1-12-7-14(11-17-9-12)4-6-18-15(19)8-13-3-2-5-16-10-13/h2-3,5,7,9-11H,4,6,8H2,1H3,(H,18,19). The molecule has 0 fully saturated rings. The maximum Gasteiger partial charge on any atom is 0.224 e. The van der Waals surface area contributed by atoms with Gasteiger partial charge in [-0.25, -0.2) is 0 Å². The van der Waals surface area contributed by atoms with E-state index >= 15 is 0 Å². The molecule has 0 aliphatic carbocycles. The van der Waals surface area contributed by atoms with Crippen molar-refractivity contribution in [1.82, 2.24) is 15.3 Å². The van der Waals surface area contributed by atoms with Crippen molar-refractivity contribution in [3.05, 3.63) is 59.7 Å². The molecule has 2 heterocycles. The predicted octanol–water partition coefficient (Wildman–Crippen LogP) is 1.69. The molecular weight excluding hydrogens is 238 g/mol. The van der Waals surface area contributed by atoms with Gasteiger partial charge in [-0.2, -0.15) is 0 Å². The first-order valence-corrected chi connectivity index (χ1v) is 6.30. The molecule has 19 heavy (non-hydrogen) atoms. The van der Waals surface area contributed by atoms with Crippen LogP contribution in [0.2, 0.25) is 0 Å². The molecule has 0 unspecified atom stereocenters. The average molecular weight is 255 g/mol. The van der Waals surface area contributed by atoms with Crippen LogP contribution in [0.3, 0.4) is 0 Å². The smallest absolute Gasteiger partial charge is 0.224 e. The van der Waals surface area contributed by atoms with Crippen LogP contribution in [0.15, 0.2) is 43.0 Å². The van der Waals surface area contributed by atoms with Gasteiger partial charge in [-0.3, -0.25) is 14.8 Å². The number of carbonyl (C=O) groups is 1. The van der Waals surface area contributed by atoms with Gasteiger partial charge in [0, 0.05) is 31.3 Å². The van der Waals surface area contributed by atoms with Crippen molar-refractivity contribution < 1.29 is 4.79 Å². The van der Waals surface area contributed by atoms with E-state index < -0.39 is 0 Å². The second kappa shape index (κ2) is 6.64. The summed E-state index contributed by atoms with van der Waals surface area (Å²) < 4.78 is 0. The Bertz CT molecular complexity index is 540. The number of carbonyl (C=O) groups excluding carboxylic acids is 1. The second-order valence-electron chi connectivity index (χ2n) is 4.51. The van der Waals surface area contributed by atoms with Gasteiger partial charge in [-0.15, -0.1) is 0 Å². The first-order chi connectivity index (χ1) is 9.24. The molecule has 0 saturated heterocycles. The molecule has 0 aliphatic rings. The largest absolute Gasteiger partial charge is 0.355 e. The van der Waals surface area contributed by atoms with Crippen LogP contribution in [-0.4, -0.2) is 22.4 Å². The van der Waals surface area contributed by atoms with Gasteiger partial charge in [0.05, 0.1) is 6.42 Å². The van der Waals surface area contributed by atoms with E-state index in [1.807, 2.05) is 31.5 Å². The zero-order valence-corrected chi connectivity index (χ0v) is 11.0. The number of hydrogen-bond acceptors (Lipinski definition) is 3. The van der Waals surface area contributed by atoms with Crippen molar-refractivity contribution in [2.24, 2.45) is 0 Å². The summed E-state index contributed by atoms with van der Waals surface area (Å²) >= 11 is 0. The fraction of sp³-hybridized carbons (Fsp3) is 0.267. The molecule has 2 rings (SSSR count). The molecule has 4 heteroatoms. The van der Waals surface area contributed by atoms with E-state index in [0.29, 0.717) is 13.0 Å². The Hall–Kier alpha value is -2.23. The topological polar surface area (TPSA) is 54.9 Å². The Balaban J connectivity index is 1.75. The monoisotopic (exact) mass is 255 g/mol. The fourth-order valence-electron chi connectivity index (χ4n) is 1.85. The molecule has 1 amide bonds. The van der Waals surface area contributed by atoms with Crippen molar-refractivity contribution in [3.8, 4) is 0 Å². The molecule has 0 saturated carbocycles. The van der Waals surface area contributed by atoms with Gasteiger partial charge in [-0.05, 0) is 36.1 Å². The lowest BCUT2D eigenvalue weighted by atomic mass is 10.1. The Morgan fingerprint density at radius 3 is 2.79 bits per heavy atom. The minimum absolute atomic E-state index is 0.0219. The van der Waals surface area contributed by atoms with E-state index in [0.717, 1.165) is 23.1 Å². The number of amides is 1. The van der Waals surface area contributed by atoms with E-state index in [2.05, 4.69) is 21.4 Å². The van der Waals surface area contributed by atoms with Crippen LogP contribution < -0.4 is 5.32 Å². The third-order valence-electron chi connectivity index (χ3n) is 2.75. The lowest BCUT2D eigenvalue weighted by Gasteiger charge is -2.05. The maximum atomic E-state index is 11.7. The number of nitrogens with zero attached hydrogens (tertiary/aromatic N) is 2. The summed E-state index contributed by atoms with van der Waals surface area (Å²) in [6, 6.07) is 5.82. The molecule has 98 valence electrons. The highest BCUT2D eigenvalue weighted by Crippen LogP contribution is 2.01. The molecule has 0 atom stereocenters. The summed E-state index contributed by atoms with van der Waals surface area (Å²) in [5, 5.41) is 2.90. The van der Waals surface area contributed by atoms with Gasteiger partial charge in [-0.1, -0.05) is 12.1 Å². The normalized spacial score (nSPS) is 10.2. The zero-order chi connectivity index (χ0) is 13.5. The summed E-state index contributed by atoms with van der Waals surface area (Å²) in [4.78, 5) is 19.8. The highest BCUT2D eigenvalue weighted by Gasteiger charge is 2.02. The fourth-order valence-corrected chi connectivity index (χ4v) is 1.85. The van der Waals surface area contributed by atoms with Crippen LogP contribution in [0.5, 0.6) is 0 Å². The summed E-state index contributed by atoms with van der Waals surface area (Å²) in [7, 11) is 0. The number of pyridine rings is 2. The summed E-state index contributed by atoms with van der Waals surface area (Å²) in [6.07, 6.45) is 8.24. The van der Waals surface area contributed by atoms with E-state index in [9.17, 15) is 4.79 Å². The number of aryl methyl sites for hydroxylation is 1. The summed E-state index contributed by atoms with van der Waals surface area (Å²) in [6.45, 7) is 2.64. The number of aromatic nitrogens is 2. The Morgan fingerprint density at radius 2 is 2.05 bits per heavy atom. The van der Waals surface area contributed by atoms with E-state index in [1.54, 1.807) is 12.4 Å². The van der Waals surface area contributed by atoms with Crippen molar-refractivity contribution in [2.45, 2.75) is 19.8 Å². The van der Waals surface area contributed by atoms with Crippen LogP contribution in [0.25, 0.3) is 0 Å². The highest BCUT2D eigenvalue weighted by atomic mass is 16.1. The van der Waals surface area contributed by atoms with Crippen LogP contribution in [0.1, 0.15) is 16.7 Å². The van der Waals surface area contributed by atoms with Crippen molar-refractivity contribution in [3.63, 3.8) is 0 Å². The third-order valence-corrected chi connectivity index (χ3v) is 2.75. The van der Waals surface area contributed by atoms with Gasteiger partial charge in [0.2, 0.25) is 5.91 Å². The zero-order valence-electron chi connectivity index (χ0n) is 11.0. The van der Waals surface area contributed by atoms with Gasteiger partial charge in [0.1, 0.15) is 0 Å². The highest BCUT2D eigenvalue weighted by molar-refractivity contribution is 5.78. The van der Waals surface area contributed by atoms with E-state index in [-0.39, 0.29) is 5.91 Å². The minimum Gasteiger partial charge on any atom is -0.355 e. The van der Waals surface area contributed by atoms with E-state index in [1.165, 1.54) is 0 Å². The SMILES string of the molecule is Cc1cncc(CCNC(=O)Cc2cccnc2)c1. The molecule has 0 bridgehead atoms. The van der Waals surface area contributed by atoms with Crippen LogP contribution in [0.4, 0.5) is 0 Å². The Labute approximate surface area is 112 Å². The maximum absolute atomic E-state index is 11.7. The van der Waals surface area contributed by atoms with Gasteiger partial charge < -0.3 is 5.32 Å². The molecular formula is C15H17N3O. The summed E-state index contributed by atoms with van der Waals surface area (Å²) in [5.41, 5.74) is 3.21. The molecule has 4 nitrogen and oxygen atoms in total. The third kappa shape index (κ3) is 4.50. The van der Waals surface area contributed by atoms with Crippen LogP contribution >= 0.6 is 0 Å². The van der Waals surface area contributed by atoms with E-state index in [4.69, 9.17) is 0 Å². The average Bonchev–Trinajstić information content (AvgIpc) is 2.40. The van der Waals surface area contributed by atoms with Crippen molar-refractivity contribution in [1.29, 1.82) is 0 Å². The second-order valence-corrected chi connectivity index (χ2v) is 4.51. The Kier molecular flexibility index (Phi) is 4.61. The quantitative estimate of drug-likeness (QED) is 0.884. The van der Waals surface area contributed by atoms with Crippen LogP contribution in [0, 0.1) is 6.92 Å². The lowest BCUT2D eigenvalue weighted by molar-refractivity contribution is -0.120. The molecule has 0 aromatic carbocycles. The molecule has 1 N–H and O–H groups in total. The minimum atomic E-state index is 0.0219. The first kappa shape index (κ1) is 13.2. The molecule has 0 aliphatic heterocycles. The molecule has 0 spiro atoms. The predicted molar refractivity (Wildman–Crippen MR) is 73.6 cm³/mol. The van der Waals surface area contributed by atoms with Crippen molar-refractivity contribution in [2.75, 3.05) is 6.54 Å². The van der Waals surface area contributed by atoms with Gasteiger partial charge in [0.25, 0.3) is 0 Å². The first-order valence-electron chi connectivity index (χ1n) is 6.30. The summed E-state index contributed by atoms with van der Waals surface area (Å²) in [5.74, 6) is 0.0219. The van der Waals surface area contributed by atoms with Crippen molar-refractivity contribution >= 4 is 5.91 Å². The number of hydrogen-bond donors (Lipinski definition) is 1. The van der Waals surface area contributed by atoms with Gasteiger partial charge >= 0.3 is 0 Å².